The van der Waals surface area contributed by atoms with E-state index in [9.17, 15) is 4.79 Å². The lowest BCUT2D eigenvalue weighted by Gasteiger charge is -2.04. The number of tetrazole rings is 1. The van der Waals surface area contributed by atoms with Gasteiger partial charge in [0.05, 0.1) is 5.69 Å². The molecule has 7 nitrogen and oxygen atoms in total. The van der Waals surface area contributed by atoms with Crippen molar-refractivity contribution < 1.29 is 13.9 Å². The van der Waals surface area contributed by atoms with Gasteiger partial charge in [0.2, 0.25) is 5.76 Å². The van der Waals surface area contributed by atoms with Gasteiger partial charge in [-0.2, -0.15) is 0 Å². The van der Waals surface area contributed by atoms with E-state index in [-0.39, 0.29) is 5.76 Å². The fourth-order valence-electron chi connectivity index (χ4n) is 2.47. The fraction of sp³-hybridized carbons (Fsp3) is 0.0588. The Kier molecular flexibility index (Phi) is 3.31. The van der Waals surface area contributed by atoms with E-state index >= 15 is 0 Å². The SMILES string of the molecule is Cc1c(C(=O)Oc2ccc(-n3cnnn3)cc2)oc2ccccc12. The van der Waals surface area contributed by atoms with Gasteiger partial charge in [0.25, 0.3) is 0 Å². The average molecular weight is 320 g/mol. The number of furan rings is 1. The molecular weight excluding hydrogens is 308 g/mol. The maximum absolute atomic E-state index is 12.4. The minimum atomic E-state index is -0.529. The Morgan fingerprint density at radius 1 is 1.12 bits per heavy atom. The van der Waals surface area contributed by atoms with E-state index in [1.54, 1.807) is 24.3 Å². The van der Waals surface area contributed by atoms with E-state index in [0.717, 1.165) is 16.6 Å². The molecule has 4 aromatic rings. The van der Waals surface area contributed by atoms with Crippen molar-refractivity contribution in [3.8, 4) is 11.4 Å². The Balaban J connectivity index is 1.58. The van der Waals surface area contributed by atoms with Gasteiger partial charge in [0, 0.05) is 10.9 Å². The predicted octanol–water partition coefficient (Wildman–Crippen LogP) is 2.94. The summed E-state index contributed by atoms with van der Waals surface area (Å²) in [5.41, 5.74) is 2.19. The monoisotopic (exact) mass is 320 g/mol. The van der Waals surface area contributed by atoms with Crippen LogP contribution in [0.4, 0.5) is 0 Å². The van der Waals surface area contributed by atoms with Gasteiger partial charge in [0.1, 0.15) is 17.7 Å². The molecule has 4 rings (SSSR count). The first kappa shape index (κ1) is 14.1. The maximum Gasteiger partial charge on any atom is 0.379 e. The lowest BCUT2D eigenvalue weighted by atomic mass is 10.1. The van der Waals surface area contributed by atoms with E-state index < -0.39 is 5.97 Å². The Bertz CT molecular complexity index is 1000. The van der Waals surface area contributed by atoms with Crippen molar-refractivity contribution in [2.45, 2.75) is 6.92 Å². The maximum atomic E-state index is 12.4. The van der Waals surface area contributed by atoms with Crippen LogP contribution in [-0.4, -0.2) is 26.2 Å². The number of ether oxygens (including phenoxy) is 1. The zero-order valence-corrected chi connectivity index (χ0v) is 12.7. The van der Waals surface area contributed by atoms with Crippen molar-refractivity contribution in [1.82, 2.24) is 20.2 Å². The molecule has 0 amide bonds. The molecule has 2 heterocycles. The Morgan fingerprint density at radius 2 is 1.92 bits per heavy atom. The Labute approximate surface area is 136 Å². The number of hydrogen-bond donors (Lipinski definition) is 0. The normalized spacial score (nSPS) is 10.9. The first-order chi connectivity index (χ1) is 11.7. The van der Waals surface area contributed by atoms with Crippen LogP contribution in [0.3, 0.4) is 0 Å². The molecule has 0 spiro atoms. The van der Waals surface area contributed by atoms with Crippen LogP contribution in [-0.2, 0) is 0 Å². The standard InChI is InChI=1S/C17H12N4O3/c1-11-14-4-2-3-5-15(14)24-16(11)17(22)23-13-8-6-12(7-9-13)21-10-18-19-20-21/h2-10H,1H3. The van der Waals surface area contributed by atoms with Crippen LogP contribution < -0.4 is 4.74 Å². The molecule has 0 aliphatic heterocycles. The summed E-state index contributed by atoms with van der Waals surface area (Å²) < 4.78 is 12.5. The summed E-state index contributed by atoms with van der Waals surface area (Å²) in [6.07, 6.45) is 1.48. The fourth-order valence-corrected chi connectivity index (χ4v) is 2.47. The molecule has 0 bridgehead atoms. The number of aromatic nitrogens is 4. The molecule has 0 fully saturated rings. The molecule has 0 unspecified atom stereocenters. The van der Waals surface area contributed by atoms with Crippen molar-refractivity contribution in [1.29, 1.82) is 0 Å². The number of nitrogens with zero attached hydrogens (tertiary/aromatic N) is 4. The minimum absolute atomic E-state index is 0.209. The van der Waals surface area contributed by atoms with Gasteiger partial charge in [-0.25, -0.2) is 9.48 Å². The largest absolute Gasteiger partial charge is 0.449 e. The summed E-state index contributed by atoms with van der Waals surface area (Å²) in [5.74, 6) is 0.0938. The highest BCUT2D eigenvalue weighted by molar-refractivity contribution is 5.96. The Morgan fingerprint density at radius 3 is 2.62 bits per heavy atom. The molecule has 0 N–H and O–H groups in total. The Hall–Kier alpha value is -3.48. The van der Waals surface area contributed by atoms with Crippen LogP contribution in [0.1, 0.15) is 16.1 Å². The second kappa shape index (κ2) is 5.62. The molecule has 2 aromatic heterocycles. The number of rotatable bonds is 3. The molecule has 0 aliphatic carbocycles. The summed E-state index contributed by atoms with van der Waals surface area (Å²) in [6.45, 7) is 1.84. The van der Waals surface area contributed by atoms with Crippen LogP contribution in [0.15, 0.2) is 59.3 Å². The van der Waals surface area contributed by atoms with Gasteiger partial charge in [-0.1, -0.05) is 18.2 Å². The van der Waals surface area contributed by atoms with E-state index in [1.165, 1.54) is 11.0 Å². The van der Waals surface area contributed by atoms with Crippen LogP contribution >= 0.6 is 0 Å². The summed E-state index contributed by atoms with van der Waals surface area (Å²) >= 11 is 0. The van der Waals surface area contributed by atoms with Crippen molar-refractivity contribution in [2.24, 2.45) is 0 Å². The third kappa shape index (κ3) is 2.41. The van der Waals surface area contributed by atoms with Crippen LogP contribution in [0.2, 0.25) is 0 Å². The molecule has 0 aliphatic rings. The van der Waals surface area contributed by atoms with Crippen LogP contribution in [0.5, 0.6) is 5.75 Å². The van der Waals surface area contributed by atoms with Crippen molar-refractivity contribution in [3.63, 3.8) is 0 Å². The van der Waals surface area contributed by atoms with Crippen LogP contribution in [0.25, 0.3) is 16.7 Å². The zero-order chi connectivity index (χ0) is 16.5. The lowest BCUT2D eigenvalue weighted by Crippen LogP contribution is -2.08. The van der Waals surface area contributed by atoms with E-state index in [4.69, 9.17) is 9.15 Å². The topological polar surface area (TPSA) is 83.0 Å². The third-order valence-electron chi connectivity index (χ3n) is 3.69. The first-order valence-electron chi connectivity index (χ1n) is 7.26. The van der Waals surface area contributed by atoms with Gasteiger partial charge in [-0.3, -0.25) is 0 Å². The first-order valence-corrected chi connectivity index (χ1v) is 7.26. The van der Waals surface area contributed by atoms with E-state index in [2.05, 4.69) is 15.5 Å². The van der Waals surface area contributed by atoms with Crippen molar-refractivity contribution in [3.05, 3.63) is 66.2 Å². The number of carbonyl (C=O) groups is 1. The molecular formula is C17H12N4O3. The number of hydrogen-bond acceptors (Lipinski definition) is 6. The molecule has 7 heteroatoms. The van der Waals surface area contributed by atoms with Gasteiger partial charge in [-0.15, -0.1) is 5.10 Å². The molecule has 24 heavy (non-hydrogen) atoms. The zero-order valence-electron chi connectivity index (χ0n) is 12.7. The highest BCUT2D eigenvalue weighted by Crippen LogP contribution is 2.26. The van der Waals surface area contributed by atoms with Crippen molar-refractivity contribution in [2.75, 3.05) is 0 Å². The summed E-state index contributed by atoms with van der Waals surface area (Å²) in [5, 5.41) is 11.8. The molecule has 0 radical (unpaired) electrons. The molecule has 118 valence electrons. The van der Waals surface area contributed by atoms with Gasteiger partial charge >= 0.3 is 5.97 Å². The molecule has 2 aromatic carbocycles. The van der Waals surface area contributed by atoms with Gasteiger partial charge in [0.15, 0.2) is 0 Å². The van der Waals surface area contributed by atoms with Crippen molar-refractivity contribution >= 4 is 16.9 Å². The number of para-hydroxylation sites is 1. The number of aryl methyl sites for hydroxylation is 1. The number of fused-ring (bicyclic) bond motifs is 1. The third-order valence-corrected chi connectivity index (χ3v) is 3.69. The number of benzene rings is 2. The number of esters is 1. The number of carbonyl (C=O) groups excluding carboxylic acids is 1. The summed E-state index contributed by atoms with van der Waals surface area (Å²) in [4.78, 5) is 12.4. The molecule has 0 atom stereocenters. The minimum Gasteiger partial charge on any atom is -0.449 e. The van der Waals surface area contributed by atoms with E-state index in [0.29, 0.717) is 11.3 Å². The van der Waals surface area contributed by atoms with Gasteiger partial charge in [-0.05, 0) is 47.7 Å². The van der Waals surface area contributed by atoms with Gasteiger partial charge < -0.3 is 9.15 Å². The highest BCUT2D eigenvalue weighted by atomic mass is 16.5. The second-order valence-corrected chi connectivity index (χ2v) is 5.19. The second-order valence-electron chi connectivity index (χ2n) is 5.19. The highest BCUT2D eigenvalue weighted by Gasteiger charge is 2.19. The molecule has 0 saturated heterocycles. The lowest BCUT2D eigenvalue weighted by molar-refractivity contribution is 0.0703. The smallest absolute Gasteiger partial charge is 0.379 e. The summed E-state index contributed by atoms with van der Waals surface area (Å²) in [6, 6.07) is 14.3. The summed E-state index contributed by atoms with van der Waals surface area (Å²) in [7, 11) is 0. The quantitative estimate of drug-likeness (QED) is 0.426. The average Bonchev–Trinajstić information content (AvgIpc) is 3.24. The van der Waals surface area contributed by atoms with Crippen LogP contribution in [0, 0.1) is 6.92 Å². The predicted molar refractivity (Wildman–Crippen MR) is 85.1 cm³/mol. The van der Waals surface area contributed by atoms with E-state index in [1.807, 2.05) is 31.2 Å². The molecule has 0 saturated carbocycles.